The van der Waals surface area contributed by atoms with Gasteiger partial charge < -0.3 is 5.11 Å². The molecule has 0 fully saturated rings. The van der Waals surface area contributed by atoms with Crippen molar-refractivity contribution in [3.05, 3.63) is 56.7 Å². The third kappa shape index (κ3) is 4.21. The number of benzene rings is 1. The Balaban J connectivity index is 1.99. The second-order valence-electron chi connectivity index (χ2n) is 4.15. The summed E-state index contributed by atoms with van der Waals surface area (Å²) in [5, 5.41) is 11.2. The average Bonchev–Trinajstić information content (AvgIpc) is 2.76. The van der Waals surface area contributed by atoms with Crippen LogP contribution in [0.25, 0.3) is 0 Å². The maximum atomic E-state index is 9.15. The van der Waals surface area contributed by atoms with Crippen molar-refractivity contribution in [3.63, 3.8) is 0 Å². The van der Waals surface area contributed by atoms with Gasteiger partial charge in [-0.2, -0.15) is 0 Å². The summed E-state index contributed by atoms with van der Waals surface area (Å²) in [7, 11) is 0. The highest BCUT2D eigenvalue weighted by Gasteiger charge is 2.08. The largest absolute Gasteiger partial charge is 0.395 e. The maximum Gasteiger partial charge on any atom is 0.0558 e. The van der Waals surface area contributed by atoms with E-state index in [0.29, 0.717) is 6.54 Å². The molecule has 0 spiro atoms. The standard InChI is InChI=1S/C14H16BrNOS/c15-13-8-14(18-11-13)10-16(6-7-17)9-12-4-2-1-3-5-12/h1-5,8,11,17H,6-7,9-10H2. The summed E-state index contributed by atoms with van der Waals surface area (Å²) in [6, 6.07) is 12.5. The van der Waals surface area contributed by atoms with E-state index in [2.05, 4.69) is 44.4 Å². The first-order valence-corrected chi connectivity index (χ1v) is 7.55. The fourth-order valence-electron chi connectivity index (χ4n) is 1.85. The van der Waals surface area contributed by atoms with Gasteiger partial charge >= 0.3 is 0 Å². The zero-order valence-electron chi connectivity index (χ0n) is 10.1. The van der Waals surface area contributed by atoms with Gasteiger partial charge in [-0.25, -0.2) is 0 Å². The third-order valence-electron chi connectivity index (χ3n) is 2.67. The minimum Gasteiger partial charge on any atom is -0.395 e. The second-order valence-corrected chi connectivity index (χ2v) is 6.06. The first-order chi connectivity index (χ1) is 8.78. The van der Waals surface area contributed by atoms with Crippen molar-refractivity contribution >= 4 is 27.3 Å². The molecule has 0 saturated heterocycles. The number of halogens is 1. The predicted molar refractivity (Wildman–Crippen MR) is 79.7 cm³/mol. The quantitative estimate of drug-likeness (QED) is 0.878. The lowest BCUT2D eigenvalue weighted by atomic mass is 10.2. The normalized spacial score (nSPS) is 11.1. The van der Waals surface area contributed by atoms with Crippen LogP contribution in [0, 0.1) is 0 Å². The molecule has 1 aromatic carbocycles. The summed E-state index contributed by atoms with van der Waals surface area (Å²) in [6.07, 6.45) is 0. The first kappa shape index (κ1) is 13.7. The fourth-order valence-corrected chi connectivity index (χ4v) is 3.35. The average molecular weight is 326 g/mol. The molecule has 0 radical (unpaired) electrons. The summed E-state index contributed by atoms with van der Waals surface area (Å²) in [5.74, 6) is 0. The van der Waals surface area contributed by atoms with Gasteiger partial charge in [0.25, 0.3) is 0 Å². The Hall–Kier alpha value is -0.680. The van der Waals surface area contributed by atoms with Crippen molar-refractivity contribution < 1.29 is 5.11 Å². The van der Waals surface area contributed by atoms with Gasteiger partial charge in [0.2, 0.25) is 0 Å². The van der Waals surface area contributed by atoms with Crippen molar-refractivity contribution in [1.82, 2.24) is 4.90 Å². The SMILES string of the molecule is OCCN(Cc1ccccc1)Cc1cc(Br)cs1. The minimum atomic E-state index is 0.194. The second kappa shape index (κ2) is 7.04. The van der Waals surface area contributed by atoms with Crippen LogP contribution >= 0.6 is 27.3 Å². The minimum absolute atomic E-state index is 0.194. The van der Waals surface area contributed by atoms with E-state index in [1.54, 1.807) is 11.3 Å². The van der Waals surface area contributed by atoms with Crippen LogP contribution in [0.5, 0.6) is 0 Å². The molecule has 1 heterocycles. The molecule has 0 aliphatic carbocycles. The Morgan fingerprint density at radius 1 is 1.17 bits per heavy atom. The van der Waals surface area contributed by atoms with Crippen LogP contribution in [-0.4, -0.2) is 23.2 Å². The van der Waals surface area contributed by atoms with E-state index in [-0.39, 0.29) is 6.61 Å². The van der Waals surface area contributed by atoms with Gasteiger partial charge in [-0.1, -0.05) is 30.3 Å². The monoisotopic (exact) mass is 325 g/mol. The summed E-state index contributed by atoms with van der Waals surface area (Å²) in [6.45, 7) is 2.65. The van der Waals surface area contributed by atoms with Crippen LogP contribution in [0.4, 0.5) is 0 Å². The lowest BCUT2D eigenvalue weighted by molar-refractivity contribution is 0.185. The summed E-state index contributed by atoms with van der Waals surface area (Å²) >= 11 is 5.21. The Kier molecular flexibility index (Phi) is 5.38. The maximum absolute atomic E-state index is 9.15. The Morgan fingerprint density at radius 2 is 1.94 bits per heavy atom. The molecule has 2 rings (SSSR count). The molecule has 0 aliphatic rings. The highest BCUT2D eigenvalue weighted by Crippen LogP contribution is 2.21. The van der Waals surface area contributed by atoms with E-state index in [1.807, 2.05) is 18.2 Å². The van der Waals surface area contributed by atoms with Crippen LogP contribution in [0.1, 0.15) is 10.4 Å². The molecule has 0 bridgehead atoms. The van der Waals surface area contributed by atoms with Crippen LogP contribution < -0.4 is 0 Å². The molecule has 0 aliphatic heterocycles. The number of aliphatic hydroxyl groups is 1. The highest BCUT2D eigenvalue weighted by molar-refractivity contribution is 9.10. The van der Waals surface area contributed by atoms with Gasteiger partial charge in [-0.05, 0) is 27.6 Å². The lowest BCUT2D eigenvalue weighted by Gasteiger charge is -2.20. The highest BCUT2D eigenvalue weighted by atomic mass is 79.9. The van der Waals surface area contributed by atoms with Crippen molar-refractivity contribution in [1.29, 1.82) is 0 Å². The Bertz CT molecular complexity index is 472. The molecule has 4 heteroatoms. The summed E-state index contributed by atoms with van der Waals surface area (Å²) in [5.41, 5.74) is 1.28. The van der Waals surface area contributed by atoms with Crippen LogP contribution in [0.2, 0.25) is 0 Å². The van der Waals surface area contributed by atoms with Crippen LogP contribution in [-0.2, 0) is 13.1 Å². The zero-order chi connectivity index (χ0) is 12.8. The molecule has 2 aromatic rings. The smallest absolute Gasteiger partial charge is 0.0558 e. The molecule has 2 nitrogen and oxygen atoms in total. The van der Waals surface area contributed by atoms with Crippen molar-refractivity contribution in [2.75, 3.05) is 13.2 Å². The topological polar surface area (TPSA) is 23.5 Å². The molecular weight excluding hydrogens is 310 g/mol. The van der Waals surface area contributed by atoms with E-state index in [4.69, 9.17) is 5.11 Å². The Morgan fingerprint density at radius 3 is 2.56 bits per heavy atom. The predicted octanol–water partition coefficient (Wildman–Crippen LogP) is 3.51. The van der Waals surface area contributed by atoms with Crippen LogP contribution in [0.15, 0.2) is 46.3 Å². The molecule has 96 valence electrons. The number of rotatable bonds is 6. The molecule has 0 saturated carbocycles. The summed E-state index contributed by atoms with van der Waals surface area (Å²) < 4.78 is 1.13. The number of thiophene rings is 1. The molecule has 0 unspecified atom stereocenters. The van der Waals surface area contributed by atoms with Crippen molar-refractivity contribution in [3.8, 4) is 0 Å². The lowest BCUT2D eigenvalue weighted by Crippen LogP contribution is -2.25. The van der Waals surface area contributed by atoms with Crippen molar-refractivity contribution in [2.45, 2.75) is 13.1 Å². The summed E-state index contributed by atoms with van der Waals surface area (Å²) in [4.78, 5) is 3.57. The van der Waals surface area contributed by atoms with E-state index in [0.717, 1.165) is 17.6 Å². The van der Waals surface area contributed by atoms with E-state index in [9.17, 15) is 0 Å². The Labute approximate surface area is 120 Å². The fraction of sp³-hybridized carbons (Fsp3) is 0.286. The van der Waals surface area contributed by atoms with Gasteiger partial charge in [0, 0.05) is 34.4 Å². The number of hydrogen-bond donors (Lipinski definition) is 1. The van der Waals surface area contributed by atoms with Gasteiger partial charge in [0.15, 0.2) is 0 Å². The van der Waals surface area contributed by atoms with Gasteiger partial charge in [-0.15, -0.1) is 11.3 Å². The van der Waals surface area contributed by atoms with Gasteiger partial charge in [-0.3, -0.25) is 4.90 Å². The van der Waals surface area contributed by atoms with Crippen molar-refractivity contribution in [2.24, 2.45) is 0 Å². The van der Waals surface area contributed by atoms with E-state index >= 15 is 0 Å². The van der Waals surface area contributed by atoms with Gasteiger partial charge in [0.05, 0.1) is 6.61 Å². The molecular formula is C14H16BrNOS. The number of nitrogens with zero attached hydrogens (tertiary/aromatic N) is 1. The van der Waals surface area contributed by atoms with E-state index < -0.39 is 0 Å². The van der Waals surface area contributed by atoms with E-state index in [1.165, 1.54) is 10.4 Å². The number of aliphatic hydroxyl groups excluding tert-OH is 1. The third-order valence-corrected chi connectivity index (χ3v) is 4.35. The molecule has 18 heavy (non-hydrogen) atoms. The zero-order valence-corrected chi connectivity index (χ0v) is 12.5. The van der Waals surface area contributed by atoms with Gasteiger partial charge in [0.1, 0.15) is 0 Å². The first-order valence-electron chi connectivity index (χ1n) is 5.88. The molecule has 0 amide bonds. The molecule has 1 N–H and O–H groups in total. The number of hydrogen-bond acceptors (Lipinski definition) is 3. The van der Waals surface area contributed by atoms with Crippen LogP contribution in [0.3, 0.4) is 0 Å². The molecule has 1 aromatic heterocycles. The molecule has 0 atom stereocenters.